The van der Waals surface area contributed by atoms with Crippen LogP contribution in [0.5, 0.6) is 11.5 Å². The van der Waals surface area contributed by atoms with Crippen LogP contribution in [0, 0.1) is 5.82 Å². The van der Waals surface area contributed by atoms with Crippen molar-refractivity contribution in [1.82, 2.24) is 4.98 Å². The van der Waals surface area contributed by atoms with Crippen molar-refractivity contribution < 1.29 is 18.7 Å². The number of anilines is 2. The molecule has 0 aliphatic carbocycles. The Hall–Kier alpha value is -3.61. The predicted molar refractivity (Wildman–Crippen MR) is 110 cm³/mol. The number of aromatic nitrogens is 1. The Morgan fingerprint density at radius 1 is 1.03 bits per heavy atom. The molecule has 0 atom stereocenters. The Morgan fingerprint density at radius 3 is 2.38 bits per heavy atom. The van der Waals surface area contributed by atoms with Crippen molar-refractivity contribution in [1.29, 1.82) is 0 Å². The summed E-state index contributed by atoms with van der Waals surface area (Å²) in [4.78, 5) is 16.8. The molecule has 150 valence electrons. The van der Waals surface area contributed by atoms with Crippen LogP contribution in [0.2, 0.25) is 0 Å². The monoisotopic (exact) mass is 395 g/mol. The molecule has 0 unspecified atom stereocenters. The molecule has 0 saturated carbocycles. The lowest BCUT2D eigenvalue weighted by Crippen LogP contribution is -2.13. The molecule has 0 bridgehead atoms. The van der Waals surface area contributed by atoms with Crippen LogP contribution >= 0.6 is 0 Å². The SMILES string of the molecule is COc1cc(OC)cc(C(=O)Nc2ccc(NCCc3ccccc3F)nc2)c1. The predicted octanol–water partition coefficient (Wildman–Crippen LogP) is 4.14. The number of ether oxygens (including phenoxy) is 2. The van der Waals surface area contributed by atoms with Gasteiger partial charge in [0.2, 0.25) is 0 Å². The van der Waals surface area contributed by atoms with Gasteiger partial charge in [0, 0.05) is 18.2 Å². The number of hydrogen-bond acceptors (Lipinski definition) is 5. The van der Waals surface area contributed by atoms with Crippen LogP contribution in [0.3, 0.4) is 0 Å². The van der Waals surface area contributed by atoms with Crippen LogP contribution < -0.4 is 20.1 Å². The zero-order chi connectivity index (χ0) is 20.6. The molecule has 3 aromatic rings. The summed E-state index contributed by atoms with van der Waals surface area (Å²) >= 11 is 0. The third-order valence-corrected chi connectivity index (χ3v) is 4.29. The van der Waals surface area contributed by atoms with Gasteiger partial charge in [0.1, 0.15) is 23.1 Å². The highest BCUT2D eigenvalue weighted by molar-refractivity contribution is 6.04. The van der Waals surface area contributed by atoms with E-state index in [9.17, 15) is 9.18 Å². The smallest absolute Gasteiger partial charge is 0.255 e. The van der Waals surface area contributed by atoms with Crippen molar-refractivity contribution >= 4 is 17.4 Å². The van der Waals surface area contributed by atoms with Gasteiger partial charge in [-0.2, -0.15) is 0 Å². The molecule has 1 amide bonds. The van der Waals surface area contributed by atoms with Gasteiger partial charge in [-0.15, -0.1) is 0 Å². The zero-order valence-electron chi connectivity index (χ0n) is 16.2. The fraction of sp³-hybridized carbons (Fsp3) is 0.182. The van der Waals surface area contributed by atoms with Crippen molar-refractivity contribution in [2.24, 2.45) is 0 Å². The Morgan fingerprint density at radius 2 is 1.76 bits per heavy atom. The molecule has 0 saturated heterocycles. The van der Waals surface area contributed by atoms with Crippen LogP contribution in [0.4, 0.5) is 15.9 Å². The van der Waals surface area contributed by atoms with Crippen molar-refractivity contribution in [2.45, 2.75) is 6.42 Å². The first-order chi connectivity index (χ1) is 14.1. The van der Waals surface area contributed by atoms with Gasteiger partial charge in [-0.05, 0) is 42.3 Å². The fourth-order valence-electron chi connectivity index (χ4n) is 2.74. The topological polar surface area (TPSA) is 72.5 Å². The molecule has 1 aromatic heterocycles. The summed E-state index contributed by atoms with van der Waals surface area (Å²) in [7, 11) is 3.05. The third kappa shape index (κ3) is 5.44. The highest BCUT2D eigenvalue weighted by atomic mass is 19.1. The zero-order valence-corrected chi connectivity index (χ0v) is 16.2. The van der Waals surface area contributed by atoms with Gasteiger partial charge < -0.3 is 20.1 Å². The molecule has 2 N–H and O–H groups in total. The third-order valence-electron chi connectivity index (χ3n) is 4.29. The lowest BCUT2D eigenvalue weighted by molar-refractivity contribution is 0.102. The molecule has 1 heterocycles. The summed E-state index contributed by atoms with van der Waals surface area (Å²) in [5.41, 5.74) is 1.61. The Labute approximate surface area is 168 Å². The van der Waals surface area contributed by atoms with Crippen LogP contribution in [0.15, 0.2) is 60.8 Å². The number of amides is 1. The minimum Gasteiger partial charge on any atom is -0.497 e. The molecule has 0 aliphatic rings. The fourth-order valence-corrected chi connectivity index (χ4v) is 2.74. The first-order valence-corrected chi connectivity index (χ1v) is 9.07. The largest absolute Gasteiger partial charge is 0.497 e. The summed E-state index contributed by atoms with van der Waals surface area (Å²) in [5, 5.41) is 5.93. The standard InChI is InChI=1S/C22H22FN3O3/c1-28-18-11-16(12-19(13-18)29-2)22(27)26-17-7-8-21(25-14-17)24-10-9-15-5-3-4-6-20(15)23/h3-8,11-14H,9-10H2,1-2H3,(H,24,25)(H,26,27). The van der Waals surface area contributed by atoms with Crippen LogP contribution in [-0.2, 0) is 6.42 Å². The molecule has 3 rings (SSSR count). The quantitative estimate of drug-likeness (QED) is 0.600. The summed E-state index contributed by atoms with van der Waals surface area (Å²) in [5.74, 6) is 1.19. The van der Waals surface area contributed by atoms with Crippen LogP contribution in [0.1, 0.15) is 15.9 Å². The van der Waals surface area contributed by atoms with E-state index >= 15 is 0 Å². The van der Waals surface area contributed by atoms with Gasteiger partial charge in [-0.3, -0.25) is 4.79 Å². The lowest BCUT2D eigenvalue weighted by atomic mass is 10.1. The molecular weight excluding hydrogens is 373 g/mol. The van der Waals surface area contributed by atoms with Crippen molar-refractivity contribution in [2.75, 3.05) is 31.4 Å². The number of methoxy groups -OCH3 is 2. The molecule has 2 aromatic carbocycles. The maximum absolute atomic E-state index is 13.6. The number of carbonyl (C=O) groups is 1. The van der Waals surface area contributed by atoms with Gasteiger partial charge in [-0.25, -0.2) is 9.37 Å². The van der Waals surface area contributed by atoms with Gasteiger partial charge >= 0.3 is 0 Å². The first kappa shape index (κ1) is 20.1. The van der Waals surface area contributed by atoms with Crippen LogP contribution in [0.25, 0.3) is 0 Å². The van der Waals surface area contributed by atoms with Gasteiger partial charge in [-0.1, -0.05) is 18.2 Å². The van der Waals surface area contributed by atoms with Gasteiger partial charge in [0.25, 0.3) is 5.91 Å². The number of rotatable bonds is 8. The summed E-state index contributed by atoms with van der Waals surface area (Å²) in [6.07, 6.45) is 2.10. The average molecular weight is 395 g/mol. The van der Waals surface area contributed by atoms with Crippen molar-refractivity contribution in [3.8, 4) is 11.5 Å². The van der Waals surface area contributed by atoms with E-state index in [0.717, 1.165) is 0 Å². The molecule has 0 radical (unpaired) electrons. The van der Waals surface area contributed by atoms with E-state index < -0.39 is 0 Å². The normalized spacial score (nSPS) is 10.3. The Kier molecular flexibility index (Phi) is 6.63. The van der Waals surface area contributed by atoms with E-state index in [-0.39, 0.29) is 11.7 Å². The van der Waals surface area contributed by atoms with E-state index in [0.29, 0.717) is 47.1 Å². The molecular formula is C22H22FN3O3. The lowest BCUT2D eigenvalue weighted by Gasteiger charge is -2.10. The van der Waals surface area contributed by atoms with Gasteiger partial charge in [0.05, 0.1) is 26.1 Å². The first-order valence-electron chi connectivity index (χ1n) is 9.07. The second kappa shape index (κ2) is 9.54. The van der Waals surface area contributed by atoms with E-state index in [1.807, 2.05) is 6.07 Å². The molecule has 0 fully saturated rings. The van der Waals surface area contributed by atoms with E-state index in [1.165, 1.54) is 20.3 Å². The van der Waals surface area contributed by atoms with Crippen molar-refractivity contribution in [3.63, 3.8) is 0 Å². The number of nitrogens with zero attached hydrogens (tertiary/aromatic N) is 1. The Bertz CT molecular complexity index is 955. The summed E-state index contributed by atoms with van der Waals surface area (Å²) in [6.45, 7) is 0.545. The maximum Gasteiger partial charge on any atom is 0.255 e. The molecule has 29 heavy (non-hydrogen) atoms. The maximum atomic E-state index is 13.6. The molecule has 0 aliphatic heterocycles. The number of carbonyl (C=O) groups excluding carboxylic acids is 1. The van der Waals surface area contributed by atoms with Crippen molar-refractivity contribution in [3.05, 3.63) is 77.7 Å². The second-order valence-electron chi connectivity index (χ2n) is 6.26. The van der Waals surface area contributed by atoms with Crippen LogP contribution in [-0.4, -0.2) is 31.7 Å². The minimum atomic E-state index is -0.302. The molecule has 7 heteroatoms. The summed E-state index contributed by atoms with van der Waals surface area (Å²) < 4.78 is 24.0. The number of halogens is 1. The van der Waals surface area contributed by atoms with E-state index in [2.05, 4.69) is 15.6 Å². The number of hydrogen-bond donors (Lipinski definition) is 2. The molecule has 0 spiro atoms. The second-order valence-corrected chi connectivity index (χ2v) is 6.26. The molecule has 6 nitrogen and oxygen atoms in total. The number of benzene rings is 2. The van der Waals surface area contributed by atoms with E-state index in [1.54, 1.807) is 48.7 Å². The van der Waals surface area contributed by atoms with E-state index in [4.69, 9.17) is 9.47 Å². The highest BCUT2D eigenvalue weighted by Crippen LogP contribution is 2.23. The highest BCUT2D eigenvalue weighted by Gasteiger charge is 2.10. The number of nitrogens with one attached hydrogen (secondary N) is 2. The van der Waals surface area contributed by atoms with Gasteiger partial charge in [0.15, 0.2) is 0 Å². The summed E-state index contributed by atoms with van der Waals surface area (Å²) in [6, 6.07) is 15.1. The average Bonchev–Trinajstić information content (AvgIpc) is 2.75. The minimum absolute atomic E-state index is 0.213. The number of pyridine rings is 1. The Balaban J connectivity index is 1.57.